The molecule has 0 aliphatic rings. The average Bonchev–Trinajstić information content (AvgIpc) is 2.05. The Kier molecular flexibility index (Phi) is 5.87. The Hall–Kier alpha value is 0.0764. The molecule has 1 aromatic carbocycles. The van der Waals surface area contributed by atoms with E-state index in [1.54, 1.807) is 6.07 Å². The standard InChI is InChI=1S/C7H6O5S.K.H/c8-7(9)13(10,11)12-6-4-2-1-3-5-6;;/h1-5H,(H,8,9);;/q;+1;-1. The van der Waals surface area contributed by atoms with Gasteiger partial charge in [-0.1, -0.05) is 18.2 Å². The van der Waals surface area contributed by atoms with Gasteiger partial charge >= 0.3 is 66.8 Å². The molecule has 0 fully saturated rings. The van der Waals surface area contributed by atoms with Crippen LogP contribution < -0.4 is 55.6 Å². The van der Waals surface area contributed by atoms with Crippen LogP contribution in [0.5, 0.6) is 5.75 Å². The maximum absolute atomic E-state index is 10.7. The summed E-state index contributed by atoms with van der Waals surface area (Å²) in [7, 11) is -4.53. The van der Waals surface area contributed by atoms with E-state index in [-0.39, 0.29) is 58.6 Å². The number of rotatable bonds is 2. The first-order valence-corrected chi connectivity index (χ1v) is 4.65. The number of hydrogen-bond acceptors (Lipinski definition) is 4. The normalized spacial score (nSPS) is 10.0. The Morgan fingerprint density at radius 2 is 1.79 bits per heavy atom. The maximum atomic E-state index is 10.7. The van der Waals surface area contributed by atoms with E-state index in [0.717, 1.165) is 0 Å². The topological polar surface area (TPSA) is 80.7 Å². The summed E-state index contributed by atoms with van der Waals surface area (Å²) in [4.78, 5) is 10.1. The SMILES string of the molecule is O=C(O)S(=O)(=O)Oc1ccccc1.[H-].[K+]. The summed E-state index contributed by atoms with van der Waals surface area (Å²) in [5.41, 5.74) is 0. The monoisotopic (exact) mass is 242 g/mol. The van der Waals surface area contributed by atoms with Gasteiger partial charge in [-0.3, -0.25) is 0 Å². The van der Waals surface area contributed by atoms with Crippen molar-refractivity contribution in [2.75, 3.05) is 0 Å². The molecule has 7 heteroatoms. The van der Waals surface area contributed by atoms with Crippen molar-refractivity contribution in [3.05, 3.63) is 30.3 Å². The van der Waals surface area contributed by atoms with Gasteiger partial charge in [-0.05, 0) is 12.1 Å². The number of benzene rings is 1. The van der Waals surface area contributed by atoms with Gasteiger partial charge in [0.2, 0.25) is 0 Å². The predicted octanol–water partition coefficient (Wildman–Crippen LogP) is -1.81. The van der Waals surface area contributed by atoms with Crippen LogP contribution in [0.2, 0.25) is 0 Å². The first-order chi connectivity index (χ1) is 6.02. The molecule has 14 heavy (non-hydrogen) atoms. The van der Waals surface area contributed by atoms with Crippen LogP contribution in [0, 0.1) is 0 Å². The van der Waals surface area contributed by atoms with Crippen LogP contribution >= 0.6 is 0 Å². The Morgan fingerprint density at radius 3 is 2.21 bits per heavy atom. The van der Waals surface area contributed by atoms with Crippen LogP contribution in [-0.2, 0) is 10.1 Å². The van der Waals surface area contributed by atoms with Crippen molar-refractivity contribution < 1.29 is 75.3 Å². The largest absolute Gasteiger partial charge is 1.00 e. The summed E-state index contributed by atoms with van der Waals surface area (Å²) < 4.78 is 25.6. The van der Waals surface area contributed by atoms with Crippen molar-refractivity contribution in [1.29, 1.82) is 0 Å². The Bertz CT molecular complexity index is 405. The van der Waals surface area contributed by atoms with Gasteiger partial charge in [0, 0.05) is 0 Å². The van der Waals surface area contributed by atoms with Crippen molar-refractivity contribution in [3.63, 3.8) is 0 Å². The molecule has 0 amide bonds. The van der Waals surface area contributed by atoms with E-state index in [1.807, 2.05) is 0 Å². The molecule has 0 bridgehead atoms. The molecule has 0 heterocycles. The molecule has 1 N–H and O–H groups in total. The third kappa shape index (κ3) is 4.07. The van der Waals surface area contributed by atoms with Crippen molar-refractivity contribution in [1.82, 2.24) is 0 Å². The van der Waals surface area contributed by atoms with E-state index >= 15 is 0 Å². The second-order valence-electron chi connectivity index (χ2n) is 2.12. The van der Waals surface area contributed by atoms with Gasteiger partial charge in [-0.15, -0.1) is 0 Å². The minimum Gasteiger partial charge on any atom is -1.00 e. The van der Waals surface area contributed by atoms with Crippen molar-refractivity contribution in [3.8, 4) is 5.75 Å². The van der Waals surface area contributed by atoms with Gasteiger partial charge in [-0.2, -0.15) is 8.42 Å². The first-order valence-electron chi connectivity index (χ1n) is 3.25. The molecule has 0 aliphatic heterocycles. The molecule has 1 aromatic rings. The minimum absolute atomic E-state index is 0. The summed E-state index contributed by atoms with van der Waals surface area (Å²) in [6.07, 6.45) is 0. The second-order valence-corrected chi connectivity index (χ2v) is 3.54. The van der Waals surface area contributed by atoms with Gasteiger partial charge in [-0.25, -0.2) is 4.79 Å². The molecular formula is C7H7KO5S. The summed E-state index contributed by atoms with van der Waals surface area (Å²) in [6, 6.07) is 7.42. The first kappa shape index (κ1) is 14.1. The van der Waals surface area contributed by atoms with Crippen molar-refractivity contribution in [2.45, 2.75) is 0 Å². The summed E-state index contributed by atoms with van der Waals surface area (Å²) in [5.74, 6) is -0.0232. The molecular weight excluding hydrogens is 235 g/mol. The van der Waals surface area contributed by atoms with E-state index < -0.39 is 15.4 Å². The van der Waals surface area contributed by atoms with Crippen LogP contribution in [0.15, 0.2) is 30.3 Å². The number of hydrogen-bond donors (Lipinski definition) is 1. The maximum Gasteiger partial charge on any atom is 1.00 e. The van der Waals surface area contributed by atoms with E-state index in [1.165, 1.54) is 24.3 Å². The minimum atomic E-state index is -4.53. The second kappa shape index (κ2) is 5.84. The van der Waals surface area contributed by atoms with Crippen LogP contribution in [0.1, 0.15) is 1.43 Å². The predicted molar refractivity (Wildman–Crippen MR) is 45.1 cm³/mol. The van der Waals surface area contributed by atoms with E-state index in [2.05, 4.69) is 4.18 Å². The summed E-state index contributed by atoms with van der Waals surface area (Å²) in [6.45, 7) is 0. The number of carbonyl (C=O) groups is 1. The molecule has 0 radical (unpaired) electrons. The van der Waals surface area contributed by atoms with Gasteiger partial charge in [0.05, 0.1) is 0 Å². The summed E-state index contributed by atoms with van der Waals surface area (Å²) in [5, 5.41) is 6.19. The zero-order chi connectivity index (χ0) is 9.90. The van der Waals surface area contributed by atoms with Crippen LogP contribution in [0.25, 0.3) is 0 Å². The number of para-hydroxylation sites is 1. The molecule has 72 valence electrons. The Balaban J connectivity index is 0. The van der Waals surface area contributed by atoms with Crippen molar-refractivity contribution in [2.24, 2.45) is 0 Å². The van der Waals surface area contributed by atoms with Gasteiger partial charge in [0.25, 0.3) is 0 Å². The van der Waals surface area contributed by atoms with Crippen LogP contribution in [0.4, 0.5) is 4.79 Å². The van der Waals surface area contributed by atoms with E-state index in [4.69, 9.17) is 5.11 Å². The van der Waals surface area contributed by atoms with Crippen LogP contribution in [-0.4, -0.2) is 18.8 Å². The Morgan fingerprint density at radius 1 is 1.29 bits per heavy atom. The molecule has 0 saturated heterocycles. The van der Waals surface area contributed by atoms with Gasteiger partial charge < -0.3 is 10.7 Å². The average molecular weight is 242 g/mol. The third-order valence-corrected chi connectivity index (χ3v) is 2.00. The molecule has 0 aliphatic carbocycles. The quantitative estimate of drug-likeness (QED) is 0.488. The van der Waals surface area contributed by atoms with E-state index in [0.29, 0.717) is 0 Å². The molecule has 1 rings (SSSR count). The fraction of sp³-hybridized carbons (Fsp3) is 0. The number of carboxylic acid groups (broad SMARTS) is 1. The fourth-order valence-corrected chi connectivity index (χ4v) is 1.07. The molecule has 0 atom stereocenters. The zero-order valence-corrected chi connectivity index (χ0v) is 11.3. The third-order valence-electron chi connectivity index (χ3n) is 1.16. The molecule has 0 aromatic heterocycles. The van der Waals surface area contributed by atoms with Gasteiger partial charge in [0.15, 0.2) is 0 Å². The molecule has 0 unspecified atom stereocenters. The molecule has 0 saturated carbocycles. The zero-order valence-electron chi connectivity index (χ0n) is 8.38. The fourth-order valence-electron chi connectivity index (χ4n) is 0.638. The molecule has 0 spiro atoms. The molecule has 5 nitrogen and oxygen atoms in total. The van der Waals surface area contributed by atoms with Gasteiger partial charge in [0.1, 0.15) is 5.75 Å². The van der Waals surface area contributed by atoms with E-state index in [9.17, 15) is 13.2 Å². The van der Waals surface area contributed by atoms with Crippen LogP contribution in [0.3, 0.4) is 0 Å². The smallest absolute Gasteiger partial charge is 1.00 e. The van der Waals surface area contributed by atoms with Crippen molar-refractivity contribution >= 4 is 15.4 Å². The summed E-state index contributed by atoms with van der Waals surface area (Å²) >= 11 is 0. The Labute approximate surface area is 125 Å².